The fraction of sp³-hybridized carbons (Fsp3) is 0.692. The Labute approximate surface area is 109 Å². The second-order valence-corrected chi connectivity index (χ2v) is 4.75. The van der Waals surface area contributed by atoms with Gasteiger partial charge in [0.1, 0.15) is 11.6 Å². The van der Waals surface area contributed by atoms with Crippen LogP contribution in [0.3, 0.4) is 0 Å². The van der Waals surface area contributed by atoms with Gasteiger partial charge in [-0.25, -0.2) is 4.98 Å². The summed E-state index contributed by atoms with van der Waals surface area (Å²) in [6, 6.07) is 0. The van der Waals surface area contributed by atoms with Crippen molar-refractivity contribution in [1.29, 1.82) is 0 Å². The molecule has 0 saturated carbocycles. The molecule has 2 N–H and O–H groups in total. The van der Waals surface area contributed by atoms with Gasteiger partial charge in [0.2, 0.25) is 0 Å². The van der Waals surface area contributed by atoms with E-state index in [9.17, 15) is 0 Å². The van der Waals surface area contributed by atoms with Crippen LogP contribution in [-0.2, 0) is 0 Å². The Kier molecular flexibility index (Phi) is 4.75. The number of rotatable bonds is 6. The first-order valence-electron chi connectivity index (χ1n) is 6.84. The van der Waals surface area contributed by atoms with Crippen molar-refractivity contribution in [3.63, 3.8) is 0 Å². The number of hydrogen-bond acceptors (Lipinski definition) is 5. The molecule has 0 radical (unpaired) electrons. The molecule has 1 saturated heterocycles. The Morgan fingerprint density at radius 3 is 2.72 bits per heavy atom. The quantitative estimate of drug-likeness (QED) is 0.803. The van der Waals surface area contributed by atoms with Gasteiger partial charge in [0.25, 0.3) is 0 Å². The van der Waals surface area contributed by atoms with Gasteiger partial charge in [-0.05, 0) is 32.4 Å². The van der Waals surface area contributed by atoms with Gasteiger partial charge >= 0.3 is 0 Å². The van der Waals surface area contributed by atoms with Gasteiger partial charge < -0.3 is 15.5 Å². The fourth-order valence-corrected chi connectivity index (χ4v) is 2.33. The van der Waals surface area contributed by atoms with Crippen LogP contribution in [0.25, 0.3) is 0 Å². The highest BCUT2D eigenvalue weighted by Gasteiger charge is 2.20. The van der Waals surface area contributed by atoms with Gasteiger partial charge in [-0.2, -0.15) is 0 Å². The number of nitrogens with zero attached hydrogens (tertiary/aromatic N) is 3. The van der Waals surface area contributed by atoms with Crippen LogP contribution in [-0.4, -0.2) is 47.6 Å². The standard InChI is InChI=1S/C13H23N5/c1-3-15-12-8-14-9-13(17-12)16-7-11-5-6-18(4-2)10-11/h8-9,11H,3-7,10H2,1-2H3,(H2,15,16,17). The van der Waals surface area contributed by atoms with Gasteiger partial charge in [0, 0.05) is 19.6 Å². The summed E-state index contributed by atoms with van der Waals surface area (Å²) in [6.07, 6.45) is 4.82. The molecule has 5 heteroatoms. The lowest BCUT2D eigenvalue weighted by Gasteiger charge is -2.14. The maximum Gasteiger partial charge on any atom is 0.146 e. The normalized spacial score (nSPS) is 20.0. The monoisotopic (exact) mass is 249 g/mol. The van der Waals surface area contributed by atoms with Crippen molar-refractivity contribution in [2.45, 2.75) is 20.3 Å². The van der Waals surface area contributed by atoms with E-state index in [4.69, 9.17) is 0 Å². The second kappa shape index (κ2) is 6.54. The number of likely N-dealkylation sites (tertiary alicyclic amines) is 1. The molecule has 0 bridgehead atoms. The highest BCUT2D eigenvalue weighted by atomic mass is 15.1. The van der Waals surface area contributed by atoms with Crippen molar-refractivity contribution in [2.24, 2.45) is 5.92 Å². The zero-order chi connectivity index (χ0) is 12.8. The highest BCUT2D eigenvalue weighted by molar-refractivity contribution is 5.41. The van der Waals surface area contributed by atoms with Gasteiger partial charge in [-0.3, -0.25) is 4.98 Å². The third-order valence-corrected chi connectivity index (χ3v) is 3.38. The van der Waals surface area contributed by atoms with Crippen LogP contribution in [0.4, 0.5) is 11.6 Å². The molecule has 5 nitrogen and oxygen atoms in total. The van der Waals surface area contributed by atoms with Crippen molar-refractivity contribution in [3.8, 4) is 0 Å². The molecule has 100 valence electrons. The Balaban J connectivity index is 1.81. The molecule has 0 aliphatic carbocycles. The first-order chi connectivity index (χ1) is 8.81. The van der Waals surface area contributed by atoms with Crippen LogP contribution in [0, 0.1) is 5.92 Å². The van der Waals surface area contributed by atoms with E-state index in [0.717, 1.165) is 37.2 Å². The first-order valence-corrected chi connectivity index (χ1v) is 6.84. The van der Waals surface area contributed by atoms with E-state index in [1.165, 1.54) is 19.5 Å². The zero-order valence-electron chi connectivity index (χ0n) is 11.3. The number of aromatic nitrogens is 2. The van der Waals surface area contributed by atoms with Gasteiger partial charge in [-0.15, -0.1) is 0 Å². The van der Waals surface area contributed by atoms with Crippen molar-refractivity contribution >= 4 is 11.6 Å². The van der Waals surface area contributed by atoms with Crippen LogP contribution < -0.4 is 10.6 Å². The Morgan fingerprint density at radius 1 is 1.28 bits per heavy atom. The number of anilines is 2. The average Bonchev–Trinajstić information content (AvgIpc) is 2.85. The summed E-state index contributed by atoms with van der Waals surface area (Å²) in [5.74, 6) is 2.43. The minimum absolute atomic E-state index is 0.731. The maximum absolute atomic E-state index is 4.46. The molecule has 1 unspecified atom stereocenters. The SMILES string of the molecule is CCNc1cncc(NCC2CCN(CC)C2)n1. The number of hydrogen-bond donors (Lipinski definition) is 2. The van der Waals surface area contributed by atoms with E-state index in [2.05, 4.69) is 39.3 Å². The molecule has 1 aliphatic heterocycles. The largest absolute Gasteiger partial charge is 0.369 e. The highest BCUT2D eigenvalue weighted by Crippen LogP contribution is 2.16. The first kappa shape index (κ1) is 13.1. The van der Waals surface area contributed by atoms with Gasteiger partial charge in [0.05, 0.1) is 12.4 Å². The zero-order valence-corrected chi connectivity index (χ0v) is 11.3. The summed E-state index contributed by atoms with van der Waals surface area (Å²) >= 11 is 0. The molecule has 1 aliphatic rings. The Hall–Kier alpha value is -1.36. The number of nitrogens with one attached hydrogen (secondary N) is 2. The average molecular weight is 249 g/mol. The second-order valence-electron chi connectivity index (χ2n) is 4.75. The van der Waals surface area contributed by atoms with Crippen LogP contribution in [0.2, 0.25) is 0 Å². The van der Waals surface area contributed by atoms with E-state index in [0.29, 0.717) is 0 Å². The minimum atomic E-state index is 0.731. The minimum Gasteiger partial charge on any atom is -0.369 e. The Morgan fingerprint density at radius 2 is 2.06 bits per heavy atom. The van der Waals surface area contributed by atoms with Crippen LogP contribution >= 0.6 is 0 Å². The molecule has 0 amide bonds. The summed E-state index contributed by atoms with van der Waals surface area (Å²) < 4.78 is 0. The van der Waals surface area contributed by atoms with E-state index in [-0.39, 0.29) is 0 Å². The summed E-state index contributed by atoms with van der Waals surface area (Å²) in [6.45, 7) is 9.72. The molecule has 2 heterocycles. The topological polar surface area (TPSA) is 53.1 Å². The molecule has 0 aromatic carbocycles. The van der Waals surface area contributed by atoms with E-state index in [1.807, 2.05) is 0 Å². The van der Waals surface area contributed by atoms with E-state index < -0.39 is 0 Å². The summed E-state index contributed by atoms with van der Waals surface area (Å²) in [5.41, 5.74) is 0. The van der Waals surface area contributed by atoms with Gasteiger partial charge in [0.15, 0.2) is 0 Å². The lowest BCUT2D eigenvalue weighted by atomic mass is 10.1. The third kappa shape index (κ3) is 3.57. The summed E-state index contributed by atoms with van der Waals surface area (Å²) in [7, 11) is 0. The summed E-state index contributed by atoms with van der Waals surface area (Å²) in [5, 5.41) is 6.56. The molecule has 1 atom stereocenters. The van der Waals surface area contributed by atoms with Crippen LogP contribution in [0.1, 0.15) is 20.3 Å². The smallest absolute Gasteiger partial charge is 0.146 e. The third-order valence-electron chi connectivity index (χ3n) is 3.38. The molecular weight excluding hydrogens is 226 g/mol. The predicted octanol–water partition coefficient (Wildman–Crippen LogP) is 1.66. The fourth-order valence-electron chi connectivity index (χ4n) is 2.33. The molecule has 1 aromatic heterocycles. The van der Waals surface area contributed by atoms with Crippen molar-refractivity contribution in [2.75, 3.05) is 43.4 Å². The molecule has 0 spiro atoms. The summed E-state index contributed by atoms with van der Waals surface area (Å²) in [4.78, 5) is 11.1. The van der Waals surface area contributed by atoms with Crippen LogP contribution in [0.15, 0.2) is 12.4 Å². The van der Waals surface area contributed by atoms with Crippen molar-refractivity contribution < 1.29 is 0 Å². The molecular formula is C13H23N5. The Bertz CT molecular complexity index is 368. The lowest BCUT2D eigenvalue weighted by Crippen LogP contribution is -2.22. The van der Waals surface area contributed by atoms with E-state index >= 15 is 0 Å². The maximum atomic E-state index is 4.46. The van der Waals surface area contributed by atoms with Crippen molar-refractivity contribution in [1.82, 2.24) is 14.9 Å². The molecule has 1 aromatic rings. The lowest BCUT2D eigenvalue weighted by molar-refractivity contribution is 0.345. The van der Waals surface area contributed by atoms with Crippen molar-refractivity contribution in [3.05, 3.63) is 12.4 Å². The van der Waals surface area contributed by atoms with E-state index in [1.54, 1.807) is 12.4 Å². The molecule has 1 fully saturated rings. The van der Waals surface area contributed by atoms with Crippen LogP contribution in [0.5, 0.6) is 0 Å². The molecule has 18 heavy (non-hydrogen) atoms. The predicted molar refractivity (Wildman–Crippen MR) is 74.9 cm³/mol. The molecule has 2 rings (SSSR count). The van der Waals surface area contributed by atoms with Gasteiger partial charge in [-0.1, -0.05) is 6.92 Å².